The summed E-state index contributed by atoms with van der Waals surface area (Å²) in [6.45, 7) is 0.575. The van der Waals surface area contributed by atoms with Gasteiger partial charge >= 0.3 is 6.18 Å². The molecule has 1 aromatic heterocycles. The van der Waals surface area contributed by atoms with E-state index < -0.39 is 18.6 Å². The van der Waals surface area contributed by atoms with Crippen molar-refractivity contribution in [3.05, 3.63) is 29.3 Å². The summed E-state index contributed by atoms with van der Waals surface area (Å²) < 4.78 is 37.3. The highest BCUT2D eigenvalue weighted by molar-refractivity contribution is 7.18. The minimum absolute atomic E-state index is 0.0346. The third kappa shape index (κ3) is 4.41. The van der Waals surface area contributed by atoms with E-state index in [0.717, 1.165) is 20.1 Å². The van der Waals surface area contributed by atoms with Crippen molar-refractivity contribution in [2.75, 3.05) is 20.1 Å². The smallest absolute Gasteiger partial charge is 0.342 e. The number of rotatable bonds is 5. The van der Waals surface area contributed by atoms with E-state index in [1.807, 2.05) is 36.5 Å². The van der Waals surface area contributed by atoms with E-state index >= 15 is 0 Å². The first-order valence-electron chi connectivity index (χ1n) is 6.77. The Balaban J connectivity index is 1.96. The van der Waals surface area contributed by atoms with Crippen LogP contribution in [-0.4, -0.2) is 37.2 Å². The number of hydrogen-bond acceptors (Lipinski definition) is 3. The molecular weight excluding hydrogens is 315 g/mol. The molecule has 0 aliphatic heterocycles. The van der Waals surface area contributed by atoms with Gasteiger partial charge in [-0.15, -0.1) is 11.3 Å². The molecule has 4 nitrogen and oxygen atoms in total. The van der Waals surface area contributed by atoms with Crippen molar-refractivity contribution in [3.8, 4) is 0 Å². The highest BCUT2D eigenvalue weighted by Crippen LogP contribution is 2.24. The van der Waals surface area contributed by atoms with Gasteiger partial charge < -0.3 is 10.2 Å². The van der Waals surface area contributed by atoms with Gasteiger partial charge in [-0.05, 0) is 19.1 Å². The SMILES string of the molecule is C[C@@H](c1nc2ccccc2s1)[NH+](C)CC(=O)NCC(F)(F)F. The molecule has 0 fully saturated rings. The van der Waals surface area contributed by atoms with Gasteiger partial charge in [-0.25, -0.2) is 4.98 Å². The fourth-order valence-electron chi connectivity index (χ4n) is 1.95. The van der Waals surface area contributed by atoms with Crippen LogP contribution in [0.4, 0.5) is 13.2 Å². The number of quaternary nitrogens is 1. The molecule has 0 bridgehead atoms. The molecule has 0 aliphatic carbocycles. The van der Waals surface area contributed by atoms with Gasteiger partial charge in [0.25, 0.3) is 5.91 Å². The van der Waals surface area contributed by atoms with E-state index in [1.54, 1.807) is 7.05 Å². The van der Waals surface area contributed by atoms with Gasteiger partial charge in [-0.2, -0.15) is 13.2 Å². The molecule has 2 aromatic rings. The maximum absolute atomic E-state index is 12.1. The monoisotopic (exact) mass is 332 g/mol. The molecule has 0 saturated heterocycles. The number of nitrogens with one attached hydrogen (secondary N) is 2. The van der Waals surface area contributed by atoms with Crippen LogP contribution in [0.5, 0.6) is 0 Å². The number of carbonyl (C=O) groups is 1. The summed E-state index contributed by atoms with van der Waals surface area (Å²) in [6.07, 6.45) is -4.39. The van der Waals surface area contributed by atoms with Crippen molar-refractivity contribution in [2.24, 2.45) is 0 Å². The third-order valence-electron chi connectivity index (χ3n) is 3.35. The molecule has 22 heavy (non-hydrogen) atoms. The second kappa shape index (κ2) is 6.62. The summed E-state index contributed by atoms with van der Waals surface area (Å²) in [7, 11) is 1.77. The largest absolute Gasteiger partial charge is 0.405 e. The number of halogens is 3. The number of thiazole rings is 1. The molecule has 120 valence electrons. The number of alkyl halides is 3. The number of carbonyl (C=O) groups excluding carboxylic acids is 1. The fraction of sp³-hybridized carbons (Fsp3) is 0.429. The second-order valence-corrected chi connectivity index (χ2v) is 6.22. The van der Waals surface area contributed by atoms with Crippen molar-refractivity contribution in [1.82, 2.24) is 10.3 Å². The lowest BCUT2D eigenvalue weighted by Gasteiger charge is -2.19. The lowest BCUT2D eigenvalue weighted by molar-refractivity contribution is -0.902. The molecular formula is C14H17F3N3OS+. The lowest BCUT2D eigenvalue weighted by atomic mass is 10.3. The van der Waals surface area contributed by atoms with Crippen LogP contribution in [0.15, 0.2) is 24.3 Å². The Kier molecular flexibility index (Phi) is 5.02. The van der Waals surface area contributed by atoms with Crippen molar-refractivity contribution in [3.63, 3.8) is 0 Å². The number of benzene rings is 1. The van der Waals surface area contributed by atoms with Crippen molar-refractivity contribution in [1.29, 1.82) is 0 Å². The minimum atomic E-state index is -4.39. The maximum Gasteiger partial charge on any atom is 0.405 e. The summed E-state index contributed by atoms with van der Waals surface area (Å²) in [5.74, 6) is -0.622. The van der Waals surface area contributed by atoms with Gasteiger partial charge in [0.1, 0.15) is 12.6 Å². The Morgan fingerprint density at radius 2 is 2.09 bits per heavy atom. The lowest BCUT2D eigenvalue weighted by Crippen LogP contribution is -3.10. The quantitative estimate of drug-likeness (QED) is 0.873. The molecule has 8 heteroatoms. The van der Waals surface area contributed by atoms with Gasteiger partial charge in [0.15, 0.2) is 11.6 Å². The van der Waals surface area contributed by atoms with Crippen molar-refractivity contribution in [2.45, 2.75) is 19.1 Å². The zero-order valence-corrected chi connectivity index (χ0v) is 13.0. The maximum atomic E-state index is 12.1. The van der Waals surface area contributed by atoms with Gasteiger partial charge in [0, 0.05) is 0 Å². The van der Waals surface area contributed by atoms with Crippen LogP contribution in [0.1, 0.15) is 18.0 Å². The summed E-state index contributed by atoms with van der Waals surface area (Å²) in [4.78, 5) is 16.9. The average molecular weight is 332 g/mol. The molecule has 0 radical (unpaired) electrons. The Bertz CT molecular complexity index is 623. The van der Waals surface area contributed by atoms with Crippen LogP contribution in [0.3, 0.4) is 0 Å². The first-order chi connectivity index (χ1) is 10.3. The molecule has 2 N–H and O–H groups in total. The Hall–Kier alpha value is -1.67. The number of amides is 1. The molecule has 0 spiro atoms. The van der Waals surface area contributed by atoms with Crippen molar-refractivity contribution < 1.29 is 22.9 Å². The number of para-hydroxylation sites is 1. The molecule has 2 atom stereocenters. The van der Waals surface area contributed by atoms with Gasteiger partial charge in [0.2, 0.25) is 0 Å². The molecule has 1 heterocycles. The molecule has 2 rings (SSSR count). The fourth-order valence-corrected chi connectivity index (χ4v) is 3.07. The Morgan fingerprint density at radius 1 is 1.41 bits per heavy atom. The zero-order chi connectivity index (χ0) is 16.3. The summed E-state index contributed by atoms with van der Waals surface area (Å²) in [6, 6.07) is 7.63. The first-order valence-corrected chi connectivity index (χ1v) is 7.59. The number of fused-ring (bicyclic) bond motifs is 1. The summed E-state index contributed by atoms with van der Waals surface area (Å²) in [5.41, 5.74) is 0.892. The Morgan fingerprint density at radius 3 is 2.73 bits per heavy atom. The minimum Gasteiger partial charge on any atom is -0.342 e. The van der Waals surface area contributed by atoms with Crippen LogP contribution in [-0.2, 0) is 4.79 Å². The van der Waals surface area contributed by atoms with Gasteiger partial charge in [-0.1, -0.05) is 12.1 Å². The standard InChI is InChI=1S/C14H16F3N3OS/c1-9(13-19-10-5-3-4-6-11(10)22-13)20(2)7-12(21)18-8-14(15,16)17/h3-6,9H,7-8H2,1-2H3,(H,18,21)/p+1/t9-/m0/s1. The van der Waals surface area contributed by atoms with Crippen molar-refractivity contribution >= 4 is 27.5 Å². The van der Waals surface area contributed by atoms with E-state index in [1.165, 1.54) is 11.3 Å². The highest BCUT2D eigenvalue weighted by atomic mass is 32.1. The van der Waals surface area contributed by atoms with Gasteiger partial charge in [-0.3, -0.25) is 4.79 Å². The zero-order valence-electron chi connectivity index (χ0n) is 12.2. The average Bonchev–Trinajstić information content (AvgIpc) is 2.87. The molecule has 0 saturated carbocycles. The van der Waals surface area contributed by atoms with Crippen LogP contribution in [0.25, 0.3) is 10.2 Å². The number of aromatic nitrogens is 1. The van der Waals surface area contributed by atoms with E-state index in [0.29, 0.717) is 0 Å². The molecule has 1 unspecified atom stereocenters. The number of likely N-dealkylation sites (N-methyl/N-ethyl adjacent to an activating group) is 1. The van der Waals surface area contributed by atoms with Crippen LogP contribution >= 0.6 is 11.3 Å². The van der Waals surface area contributed by atoms with Gasteiger partial charge in [0.05, 0.1) is 17.3 Å². The van der Waals surface area contributed by atoms with E-state index in [-0.39, 0.29) is 12.6 Å². The van der Waals surface area contributed by atoms with Crippen LogP contribution in [0.2, 0.25) is 0 Å². The number of nitrogens with zero attached hydrogens (tertiary/aromatic N) is 1. The molecule has 1 aromatic carbocycles. The first kappa shape index (κ1) is 16.7. The molecule has 0 aliphatic rings. The predicted octanol–water partition coefficient (Wildman–Crippen LogP) is 1.55. The second-order valence-electron chi connectivity index (χ2n) is 5.16. The summed E-state index contributed by atoms with van der Waals surface area (Å²) >= 11 is 1.53. The normalized spacial score (nSPS) is 14.8. The van der Waals surface area contributed by atoms with E-state index in [9.17, 15) is 18.0 Å². The van der Waals surface area contributed by atoms with E-state index in [4.69, 9.17) is 0 Å². The van der Waals surface area contributed by atoms with E-state index in [2.05, 4.69) is 4.98 Å². The summed E-state index contributed by atoms with van der Waals surface area (Å²) in [5, 5.41) is 2.75. The highest BCUT2D eigenvalue weighted by Gasteiger charge is 2.29. The third-order valence-corrected chi connectivity index (χ3v) is 4.56. The Labute approximate surface area is 129 Å². The predicted molar refractivity (Wildman–Crippen MR) is 78.9 cm³/mol. The van der Waals surface area contributed by atoms with Crippen LogP contribution in [0, 0.1) is 0 Å². The topological polar surface area (TPSA) is 46.4 Å². The number of hydrogen-bond donors (Lipinski definition) is 2. The van der Waals surface area contributed by atoms with Crippen LogP contribution < -0.4 is 10.2 Å². The molecule has 1 amide bonds.